The predicted octanol–water partition coefficient (Wildman–Crippen LogP) is 6.15. The number of hydrogen-bond acceptors (Lipinski definition) is 5. The first-order valence-electron chi connectivity index (χ1n) is 12.2. The van der Waals surface area contributed by atoms with Crippen molar-refractivity contribution in [3.05, 3.63) is 144 Å². The molecule has 1 aliphatic heterocycles. The van der Waals surface area contributed by atoms with Gasteiger partial charge in [-0.25, -0.2) is 14.5 Å². The Balaban J connectivity index is 0.000000230. The van der Waals surface area contributed by atoms with Crippen LogP contribution in [0.4, 0.5) is 5.69 Å². The molecule has 4 rings (SSSR count). The minimum atomic E-state index is -1.13. The highest BCUT2D eigenvalue weighted by Gasteiger charge is 2.31. The Bertz CT molecular complexity index is 1410. The number of esters is 1. The van der Waals surface area contributed by atoms with Crippen LogP contribution in [0, 0.1) is 0 Å². The van der Waals surface area contributed by atoms with Crippen molar-refractivity contribution in [2.45, 2.75) is 20.5 Å². The molecule has 7 heteroatoms. The summed E-state index contributed by atoms with van der Waals surface area (Å²) in [6, 6.07) is 28.1. The van der Waals surface area contributed by atoms with E-state index in [2.05, 4.69) is 13.2 Å². The van der Waals surface area contributed by atoms with Crippen molar-refractivity contribution in [3.63, 3.8) is 0 Å². The van der Waals surface area contributed by atoms with E-state index in [-0.39, 0.29) is 17.1 Å². The maximum atomic E-state index is 12.1. The maximum Gasteiger partial charge on any atom is 0.333 e. The minimum Gasteiger partial charge on any atom is -0.478 e. The zero-order valence-corrected chi connectivity index (χ0v) is 22.4. The van der Waals surface area contributed by atoms with Gasteiger partial charge < -0.3 is 9.84 Å². The largest absolute Gasteiger partial charge is 0.478 e. The Labute approximate surface area is 234 Å². The van der Waals surface area contributed by atoms with E-state index in [0.717, 1.165) is 16.5 Å². The molecule has 0 spiro atoms. The molecule has 2 amide bonds. The molecule has 0 unspecified atom stereocenters. The molecule has 7 nitrogen and oxygen atoms in total. The molecule has 0 aromatic heterocycles. The number of carbonyl (C=O) groups excluding carboxylic acids is 3. The van der Waals surface area contributed by atoms with E-state index in [1.807, 2.05) is 66.7 Å². The number of nitrogens with zero attached hydrogens (tertiary/aromatic N) is 1. The molecule has 0 saturated carbocycles. The molecule has 1 aliphatic rings. The van der Waals surface area contributed by atoms with Crippen molar-refractivity contribution < 1.29 is 29.0 Å². The molecule has 3 aromatic carbocycles. The Kier molecular flexibility index (Phi) is 12.2. The van der Waals surface area contributed by atoms with Gasteiger partial charge in [-0.3, -0.25) is 9.59 Å². The fourth-order valence-electron chi connectivity index (χ4n) is 3.14. The van der Waals surface area contributed by atoms with Crippen LogP contribution >= 0.6 is 0 Å². The van der Waals surface area contributed by atoms with Gasteiger partial charge in [0.15, 0.2) is 0 Å². The predicted molar refractivity (Wildman–Crippen MR) is 156 cm³/mol. The second-order valence-corrected chi connectivity index (χ2v) is 8.50. The van der Waals surface area contributed by atoms with Gasteiger partial charge in [-0.2, -0.15) is 0 Å². The third-order valence-electron chi connectivity index (χ3n) is 5.27. The number of hydrogen-bond donors (Lipinski definition) is 1. The lowest BCUT2D eigenvalue weighted by Gasteiger charge is -2.13. The molecular formula is C33H31NO6. The van der Waals surface area contributed by atoms with Crippen molar-refractivity contribution in [2.24, 2.45) is 0 Å². The number of rotatable bonds is 7. The van der Waals surface area contributed by atoms with Crippen LogP contribution in [0.5, 0.6) is 0 Å². The third-order valence-corrected chi connectivity index (χ3v) is 5.27. The Morgan fingerprint density at radius 3 is 1.88 bits per heavy atom. The maximum absolute atomic E-state index is 12.1. The molecule has 1 N–H and O–H groups in total. The summed E-state index contributed by atoms with van der Waals surface area (Å²) in [6.45, 7) is 10.4. The smallest absolute Gasteiger partial charge is 0.333 e. The summed E-state index contributed by atoms with van der Waals surface area (Å²) in [5.41, 5.74) is 3.13. The van der Waals surface area contributed by atoms with E-state index < -0.39 is 17.8 Å². The van der Waals surface area contributed by atoms with Gasteiger partial charge in [0.1, 0.15) is 6.61 Å². The average Bonchev–Trinajstić information content (AvgIpc) is 3.25. The lowest BCUT2D eigenvalue weighted by atomic mass is 10.1. The minimum absolute atomic E-state index is 0.00214. The van der Waals surface area contributed by atoms with Crippen LogP contribution in [0.25, 0.3) is 6.08 Å². The quantitative estimate of drug-likeness (QED) is 0.220. The number of ether oxygens (including phenoxy) is 1. The normalized spacial score (nSPS) is 12.2. The zero-order valence-electron chi connectivity index (χ0n) is 22.4. The van der Waals surface area contributed by atoms with E-state index in [1.54, 1.807) is 37.3 Å². The standard InChI is InChI=1S/C14H11NO4.C11H12O2.C8H8/c1-9(14(18)19)7-10-8-12(16)15(13(10)17)11-5-3-2-4-6-11;1-9(2)11(12)13-8-10-6-4-3-5-7-10;1-2-8-6-4-3-5-7-8/h2-8H,1H3,(H,18,19);3-7H,1,8H2,2H3;2-7H,1H2. The number of amides is 2. The topological polar surface area (TPSA) is 101 Å². The molecular weight excluding hydrogens is 506 g/mol. The fraction of sp³-hybridized carbons (Fsp3) is 0.0909. The van der Waals surface area contributed by atoms with E-state index in [9.17, 15) is 19.2 Å². The van der Waals surface area contributed by atoms with E-state index >= 15 is 0 Å². The number of aliphatic carboxylic acids is 1. The molecule has 0 atom stereocenters. The number of imide groups is 1. The van der Waals surface area contributed by atoms with Crippen LogP contribution in [0.2, 0.25) is 0 Å². The lowest BCUT2D eigenvalue weighted by molar-refractivity contribution is -0.140. The molecule has 40 heavy (non-hydrogen) atoms. The van der Waals surface area contributed by atoms with Gasteiger partial charge in [0, 0.05) is 22.8 Å². The number of carboxylic acid groups (broad SMARTS) is 1. The summed E-state index contributed by atoms with van der Waals surface area (Å²) in [4.78, 5) is 46.6. The first kappa shape index (κ1) is 30.9. The van der Waals surface area contributed by atoms with Crippen molar-refractivity contribution in [3.8, 4) is 0 Å². The SMILES string of the molecule is C=C(C)C(=O)OCc1ccccc1.C=Cc1ccccc1.CC(=CC1=CC(=O)N(c2ccccc2)C1=O)C(=O)O. The number of para-hydroxylation sites is 1. The summed E-state index contributed by atoms with van der Waals surface area (Å²) >= 11 is 0. The molecule has 3 aromatic rings. The van der Waals surface area contributed by atoms with Gasteiger partial charge in [-0.15, -0.1) is 0 Å². The summed E-state index contributed by atoms with van der Waals surface area (Å²) < 4.78 is 4.95. The molecule has 204 valence electrons. The number of carbonyl (C=O) groups is 4. The van der Waals surface area contributed by atoms with Crippen LogP contribution in [-0.2, 0) is 30.5 Å². The number of carboxylic acids is 1. The van der Waals surface area contributed by atoms with Crippen LogP contribution in [0.3, 0.4) is 0 Å². The molecule has 0 saturated heterocycles. The summed E-state index contributed by atoms with van der Waals surface area (Å²) in [6.07, 6.45) is 4.17. The molecule has 0 radical (unpaired) electrons. The van der Waals surface area contributed by atoms with E-state index in [1.165, 1.54) is 18.6 Å². The number of benzene rings is 3. The Morgan fingerprint density at radius 2 is 1.40 bits per heavy atom. The van der Waals surface area contributed by atoms with Gasteiger partial charge in [0.05, 0.1) is 5.69 Å². The Hall–Kier alpha value is -5.30. The summed E-state index contributed by atoms with van der Waals surface area (Å²) in [7, 11) is 0. The molecule has 0 bridgehead atoms. The van der Waals surface area contributed by atoms with Gasteiger partial charge in [0.25, 0.3) is 11.8 Å². The zero-order chi connectivity index (χ0) is 29.5. The average molecular weight is 538 g/mol. The summed E-state index contributed by atoms with van der Waals surface area (Å²) in [5, 5.41) is 8.77. The van der Waals surface area contributed by atoms with Gasteiger partial charge in [0.2, 0.25) is 0 Å². The second kappa shape index (κ2) is 15.8. The highest BCUT2D eigenvalue weighted by molar-refractivity contribution is 6.31. The van der Waals surface area contributed by atoms with Gasteiger partial charge >= 0.3 is 11.9 Å². The molecule has 0 aliphatic carbocycles. The second-order valence-electron chi connectivity index (χ2n) is 8.50. The highest BCUT2D eigenvalue weighted by Crippen LogP contribution is 2.23. The van der Waals surface area contributed by atoms with Crippen molar-refractivity contribution in [1.82, 2.24) is 0 Å². The van der Waals surface area contributed by atoms with Crippen LogP contribution in [0.15, 0.2) is 133 Å². The molecule has 0 fully saturated rings. The van der Waals surface area contributed by atoms with Crippen molar-refractivity contribution >= 4 is 35.5 Å². The van der Waals surface area contributed by atoms with Gasteiger partial charge in [-0.1, -0.05) is 98.1 Å². The first-order chi connectivity index (χ1) is 19.1. The van der Waals surface area contributed by atoms with Crippen LogP contribution in [0.1, 0.15) is 25.0 Å². The van der Waals surface area contributed by atoms with E-state index in [0.29, 0.717) is 17.9 Å². The van der Waals surface area contributed by atoms with E-state index in [4.69, 9.17) is 9.84 Å². The fourth-order valence-corrected chi connectivity index (χ4v) is 3.14. The lowest BCUT2D eigenvalue weighted by Crippen LogP contribution is -2.30. The van der Waals surface area contributed by atoms with Crippen molar-refractivity contribution in [2.75, 3.05) is 4.90 Å². The van der Waals surface area contributed by atoms with Crippen molar-refractivity contribution in [1.29, 1.82) is 0 Å². The van der Waals surface area contributed by atoms with Gasteiger partial charge in [-0.05, 0) is 43.2 Å². The van der Waals surface area contributed by atoms with Crippen LogP contribution < -0.4 is 4.90 Å². The Morgan fingerprint density at radius 1 is 0.875 bits per heavy atom. The molecule has 1 heterocycles. The first-order valence-corrected chi connectivity index (χ1v) is 12.2. The summed E-state index contributed by atoms with van der Waals surface area (Å²) in [5.74, 6) is -2.46. The highest BCUT2D eigenvalue weighted by atomic mass is 16.5. The monoisotopic (exact) mass is 537 g/mol. The third kappa shape index (κ3) is 9.87. The van der Waals surface area contributed by atoms with Crippen LogP contribution in [-0.4, -0.2) is 28.9 Å². The number of anilines is 1.